The summed E-state index contributed by atoms with van der Waals surface area (Å²) in [4.78, 5) is 32.4. The molecule has 3 aromatic rings. The van der Waals surface area contributed by atoms with Crippen molar-refractivity contribution < 1.29 is 14.1 Å². The zero-order valence-corrected chi connectivity index (χ0v) is 18.4. The van der Waals surface area contributed by atoms with Crippen LogP contribution in [0.2, 0.25) is 0 Å². The van der Waals surface area contributed by atoms with Gasteiger partial charge in [-0.1, -0.05) is 47.1 Å². The van der Waals surface area contributed by atoms with Gasteiger partial charge in [-0.15, -0.1) is 0 Å². The van der Waals surface area contributed by atoms with Crippen LogP contribution in [0, 0.1) is 6.92 Å². The first-order valence-electron chi connectivity index (χ1n) is 10.7. The quantitative estimate of drug-likeness (QED) is 0.643. The maximum absolute atomic E-state index is 12.7. The third-order valence-corrected chi connectivity index (χ3v) is 5.49. The summed E-state index contributed by atoms with van der Waals surface area (Å²) < 4.78 is 5.43. The zero-order chi connectivity index (χ0) is 22.5. The second-order valence-electron chi connectivity index (χ2n) is 8.09. The Hall–Kier alpha value is -3.52. The Labute approximate surface area is 187 Å². The van der Waals surface area contributed by atoms with Crippen molar-refractivity contribution in [3.05, 3.63) is 65.5 Å². The normalized spacial score (nSPS) is 14.4. The molecule has 32 heavy (non-hydrogen) atoms. The van der Waals surface area contributed by atoms with E-state index in [1.165, 1.54) is 12.5 Å². The standard InChI is InChI=1S/C24H27N5O3/c1-17-3-7-20(8-4-17)24-26-22(32-27-24)16-28-11-13-29(14-12-28)23(31)15-19-5-9-21(10-6-19)25-18(2)30/h3-10H,11-16H2,1-2H3,(H,25,30). The molecule has 0 spiro atoms. The molecule has 1 saturated heterocycles. The van der Waals surface area contributed by atoms with Crippen LogP contribution in [-0.4, -0.2) is 57.9 Å². The van der Waals surface area contributed by atoms with E-state index in [9.17, 15) is 9.59 Å². The highest BCUT2D eigenvalue weighted by Crippen LogP contribution is 2.18. The van der Waals surface area contributed by atoms with E-state index in [1.807, 2.05) is 60.4 Å². The number of hydrogen-bond donors (Lipinski definition) is 1. The Kier molecular flexibility index (Phi) is 6.61. The number of aromatic nitrogens is 2. The largest absolute Gasteiger partial charge is 0.340 e. The molecule has 8 nitrogen and oxygen atoms in total. The van der Waals surface area contributed by atoms with Crippen molar-refractivity contribution >= 4 is 17.5 Å². The van der Waals surface area contributed by atoms with Gasteiger partial charge in [0.2, 0.25) is 23.5 Å². The van der Waals surface area contributed by atoms with E-state index >= 15 is 0 Å². The Balaban J connectivity index is 1.25. The molecule has 1 aliphatic rings. The van der Waals surface area contributed by atoms with Gasteiger partial charge in [-0.05, 0) is 24.6 Å². The van der Waals surface area contributed by atoms with Gasteiger partial charge in [0, 0.05) is 44.4 Å². The second-order valence-corrected chi connectivity index (χ2v) is 8.09. The number of aryl methyl sites for hydroxylation is 1. The van der Waals surface area contributed by atoms with Gasteiger partial charge in [-0.2, -0.15) is 4.98 Å². The molecule has 1 aliphatic heterocycles. The van der Waals surface area contributed by atoms with E-state index in [2.05, 4.69) is 20.4 Å². The predicted octanol–water partition coefficient (Wildman–Crippen LogP) is 2.89. The number of anilines is 1. The lowest BCUT2D eigenvalue weighted by molar-refractivity contribution is -0.132. The molecule has 166 valence electrons. The van der Waals surface area contributed by atoms with Gasteiger partial charge in [-0.3, -0.25) is 14.5 Å². The Morgan fingerprint density at radius 2 is 1.69 bits per heavy atom. The monoisotopic (exact) mass is 433 g/mol. The van der Waals surface area contributed by atoms with Crippen LogP contribution in [-0.2, 0) is 22.6 Å². The highest BCUT2D eigenvalue weighted by molar-refractivity contribution is 5.88. The minimum absolute atomic E-state index is 0.108. The summed E-state index contributed by atoms with van der Waals surface area (Å²) in [7, 11) is 0. The number of benzene rings is 2. The molecule has 2 heterocycles. The molecule has 0 bridgehead atoms. The first-order valence-corrected chi connectivity index (χ1v) is 10.7. The van der Waals surface area contributed by atoms with Crippen LogP contribution in [0.3, 0.4) is 0 Å². The summed E-state index contributed by atoms with van der Waals surface area (Å²) in [5.74, 6) is 1.17. The number of piperazine rings is 1. The Bertz CT molecular complexity index is 1070. The van der Waals surface area contributed by atoms with E-state index in [4.69, 9.17) is 4.52 Å². The van der Waals surface area contributed by atoms with E-state index in [1.54, 1.807) is 0 Å². The number of carbonyl (C=O) groups excluding carboxylic acids is 2. The van der Waals surface area contributed by atoms with Gasteiger partial charge in [0.05, 0.1) is 13.0 Å². The van der Waals surface area contributed by atoms with Crippen molar-refractivity contribution in [2.24, 2.45) is 0 Å². The van der Waals surface area contributed by atoms with Crippen molar-refractivity contribution in [1.29, 1.82) is 0 Å². The van der Waals surface area contributed by atoms with Crippen molar-refractivity contribution in [2.45, 2.75) is 26.8 Å². The number of amides is 2. The fraction of sp³-hybridized carbons (Fsp3) is 0.333. The van der Waals surface area contributed by atoms with Gasteiger partial charge in [0.25, 0.3) is 0 Å². The van der Waals surface area contributed by atoms with E-state index < -0.39 is 0 Å². The lowest BCUT2D eigenvalue weighted by atomic mass is 10.1. The summed E-state index contributed by atoms with van der Waals surface area (Å²) in [5, 5.41) is 6.82. The molecule has 2 aromatic carbocycles. The smallest absolute Gasteiger partial charge is 0.241 e. The van der Waals surface area contributed by atoms with Crippen molar-refractivity contribution in [3.8, 4) is 11.4 Å². The third-order valence-electron chi connectivity index (χ3n) is 5.49. The van der Waals surface area contributed by atoms with E-state index in [0.29, 0.717) is 37.8 Å². The van der Waals surface area contributed by atoms with Crippen molar-refractivity contribution in [2.75, 3.05) is 31.5 Å². The van der Waals surface area contributed by atoms with E-state index in [0.717, 1.165) is 29.9 Å². The minimum Gasteiger partial charge on any atom is -0.340 e. The molecular formula is C24H27N5O3. The Morgan fingerprint density at radius 1 is 1.00 bits per heavy atom. The van der Waals surface area contributed by atoms with Gasteiger partial charge < -0.3 is 14.7 Å². The highest BCUT2D eigenvalue weighted by Gasteiger charge is 2.22. The van der Waals surface area contributed by atoms with Crippen LogP contribution in [0.5, 0.6) is 0 Å². The first kappa shape index (κ1) is 21.7. The van der Waals surface area contributed by atoms with Crippen LogP contribution in [0.4, 0.5) is 5.69 Å². The number of hydrogen-bond acceptors (Lipinski definition) is 6. The summed E-state index contributed by atoms with van der Waals surface area (Å²) in [6.07, 6.45) is 0.351. The molecule has 8 heteroatoms. The summed E-state index contributed by atoms with van der Waals surface area (Å²) in [6.45, 7) is 6.94. The fourth-order valence-corrected chi connectivity index (χ4v) is 3.68. The minimum atomic E-state index is -0.112. The summed E-state index contributed by atoms with van der Waals surface area (Å²) >= 11 is 0. The number of rotatable bonds is 6. The molecule has 0 saturated carbocycles. The van der Waals surface area contributed by atoms with Crippen LogP contribution in [0.1, 0.15) is 23.9 Å². The van der Waals surface area contributed by atoms with Crippen molar-refractivity contribution in [1.82, 2.24) is 19.9 Å². The van der Waals surface area contributed by atoms with Crippen LogP contribution in [0.15, 0.2) is 53.1 Å². The fourth-order valence-electron chi connectivity index (χ4n) is 3.68. The highest BCUT2D eigenvalue weighted by atomic mass is 16.5. The maximum atomic E-state index is 12.7. The van der Waals surface area contributed by atoms with E-state index in [-0.39, 0.29) is 11.8 Å². The molecule has 0 atom stereocenters. The van der Waals surface area contributed by atoms with Gasteiger partial charge in [-0.25, -0.2) is 0 Å². The molecule has 4 rings (SSSR count). The molecule has 1 N–H and O–H groups in total. The average molecular weight is 434 g/mol. The van der Waals surface area contributed by atoms with Gasteiger partial charge in [0.1, 0.15) is 0 Å². The molecule has 1 fully saturated rings. The molecule has 2 amide bonds. The van der Waals surface area contributed by atoms with Crippen LogP contribution < -0.4 is 5.32 Å². The second kappa shape index (κ2) is 9.74. The maximum Gasteiger partial charge on any atom is 0.241 e. The van der Waals surface area contributed by atoms with Gasteiger partial charge >= 0.3 is 0 Å². The topological polar surface area (TPSA) is 91.6 Å². The summed E-state index contributed by atoms with van der Waals surface area (Å²) in [5.41, 5.74) is 3.79. The number of nitrogens with one attached hydrogen (secondary N) is 1. The van der Waals surface area contributed by atoms with Crippen LogP contribution in [0.25, 0.3) is 11.4 Å². The molecule has 0 unspecified atom stereocenters. The predicted molar refractivity (Wildman–Crippen MR) is 121 cm³/mol. The third kappa shape index (κ3) is 5.59. The summed E-state index contributed by atoms with van der Waals surface area (Å²) in [6, 6.07) is 15.4. The first-order chi connectivity index (χ1) is 15.5. The number of nitrogens with zero attached hydrogens (tertiary/aromatic N) is 4. The SMILES string of the molecule is CC(=O)Nc1ccc(CC(=O)N2CCN(Cc3nc(-c4ccc(C)cc4)no3)CC2)cc1. The lowest BCUT2D eigenvalue weighted by Gasteiger charge is -2.34. The number of carbonyl (C=O) groups is 2. The molecule has 0 aliphatic carbocycles. The van der Waals surface area contributed by atoms with Gasteiger partial charge in [0.15, 0.2) is 0 Å². The molecule has 0 radical (unpaired) electrons. The molecule has 1 aromatic heterocycles. The Morgan fingerprint density at radius 3 is 2.34 bits per heavy atom. The van der Waals surface area contributed by atoms with Crippen molar-refractivity contribution in [3.63, 3.8) is 0 Å². The average Bonchev–Trinajstić information content (AvgIpc) is 3.24. The van der Waals surface area contributed by atoms with Crippen LogP contribution >= 0.6 is 0 Å². The molecular weight excluding hydrogens is 406 g/mol. The zero-order valence-electron chi connectivity index (χ0n) is 18.4. The lowest BCUT2D eigenvalue weighted by Crippen LogP contribution is -2.48.